The van der Waals surface area contributed by atoms with Crippen LogP contribution in [-0.2, 0) is 27.4 Å². The summed E-state index contributed by atoms with van der Waals surface area (Å²) in [5, 5.41) is 2.53. The minimum atomic E-state index is -0.330. The predicted octanol–water partition coefficient (Wildman–Crippen LogP) is 5.16. The Balaban J connectivity index is 1.46. The number of carbonyl (C=O) groups excluding carboxylic acids is 2. The summed E-state index contributed by atoms with van der Waals surface area (Å²) >= 11 is 7.47. The number of rotatable bonds is 11. The largest absolute Gasteiger partial charge is 0.484 e. The number of benzene rings is 2. The summed E-state index contributed by atoms with van der Waals surface area (Å²) in [5.41, 5.74) is 0.810. The highest BCUT2D eigenvalue weighted by Crippen LogP contribution is 2.19. The molecule has 1 saturated heterocycles. The van der Waals surface area contributed by atoms with Crippen LogP contribution in [0, 0.1) is 5.82 Å². The average Bonchev–Trinajstić information content (AvgIpc) is 3.58. The molecule has 0 N–H and O–H groups in total. The maximum absolute atomic E-state index is 13.5. The molecule has 1 atom stereocenters. The summed E-state index contributed by atoms with van der Waals surface area (Å²) in [7, 11) is 0. The fraction of sp³-hybridized carbons (Fsp3) is 0.333. The molecule has 0 saturated carbocycles. The maximum Gasteiger partial charge on any atom is 0.261 e. The normalized spacial score (nSPS) is 15.0. The lowest BCUT2D eigenvalue weighted by atomic mass is 10.2. The van der Waals surface area contributed by atoms with Crippen molar-refractivity contribution in [3.8, 4) is 5.75 Å². The van der Waals surface area contributed by atoms with Gasteiger partial charge in [0.1, 0.15) is 11.6 Å². The second-order valence-electron chi connectivity index (χ2n) is 8.61. The Labute approximate surface area is 219 Å². The zero-order chi connectivity index (χ0) is 25.3. The molecule has 2 amide bonds. The predicted molar refractivity (Wildman–Crippen MR) is 137 cm³/mol. The van der Waals surface area contributed by atoms with Crippen molar-refractivity contribution in [1.29, 1.82) is 0 Å². The van der Waals surface area contributed by atoms with Crippen LogP contribution in [0.4, 0.5) is 4.39 Å². The summed E-state index contributed by atoms with van der Waals surface area (Å²) in [5.74, 6) is -0.312. The van der Waals surface area contributed by atoms with Crippen molar-refractivity contribution in [2.45, 2.75) is 32.0 Å². The molecule has 2 heterocycles. The molecular weight excluding hydrogens is 503 g/mol. The summed E-state index contributed by atoms with van der Waals surface area (Å²) in [6, 6.07) is 16.7. The van der Waals surface area contributed by atoms with Crippen molar-refractivity contribution >= 4 is 34.8 Å². The van der Waals surface area contributed by atoms with E-state index < -0.39 is 0 Å². The Morgan fingerprint density at radius 1 is 1.03 bits per heavy atom. The number of amides is 2. The van der Waals surface area contributed by atoms with E-state index in [0.29, 0.717) is 37.0 Å². The van der Waals surface area contributed by atoms with Crippen LogP contribution in [0.5, 0.6) is 5.75 Å². The van der Waals surface area contributed by atoms with Gasteiger partial charge >= 0.3 is 0 Å². The van der Waals surface area contributed by atoms with Gasteiger partial charge in [-0.2, -0.15) is 0 Å². The standard InChI is InChI=1S/C27H28ClFN2O4S/c28-21-7-11-23(12-8-21)35-19-27(33)31(16-24-3-1-13-34-24)18-26(32)30(17-25-4-2-14-36-25)15-20-5-9-22(29)10-6-20/h2,4-12,14,24H,1,3,13,15-19H2. The topological polar surface area (TPSA) is 59.1 Å². The van der Waals surface area contributed by atoms with E-state index in [1.165, 1.54) is 17.0 Å². The van der Waals surface area contributed by atoms with E-state index in [4.69, 9.17) is 21.1 Å². The number of halogens is 2. The van der Waals surface area contributed by atoms with Crippen molar-refractivity contribution in [2.24, 2.45) is 0 Å². The van der Waals surface area contributed by atoms with Crippen LogP contribution in [0.2, 0.25) is 5.02 Å². The second-order valence-corrected chi connectivity index (χ2v) is 10.1. The lowest BCUT2D eigenvalue weighted by Crippen LogP contribution is -2.46. The average molecular weight is 531 g/mol. The minimum absolute atomic E-state index is 0.102. The molecule has 0 bridgehead atoms. The van der Waals surface area contributed by atoms with Crippen LogP contribution in [-0.4, -0.2) is 54.0 Å². The summed E-state index contributed by atoms with van der Waals surface area (Å²) in [4.78, 5) is 30.9. The highest BCUT2D eigenvalue weighted by atomic mass is 35.5. The van der Waals surface area contributed by atoms with E-state index in [1.54, 1.807) is 52.6 Å². The van der Waals surface area contributed by atoms with Crippen molar-refractivity contribution in [2.75, 3.05) is 26.3 Å². The first-order chi connectivity index (χ1) is 17.5. The first-order valence-corrected chi connectivity index (χ1v) is 13.0. The summed E-state index contributed by atoms with van der Waals surface area (Å²) in [6.45, 7) is 1.37. The molecule has 1 fully saturated rings. The SMILES string of the molecule is O=C(CN(CC1CCCO1)C(=O)COc1ccc(Cl)cc1)N(Cc1ccc(F)cc1)Cc1cccs1. The Morgan fingerprint density at radius 3 is 2.47 bits per heavy atom. The van der Waals surface area contributed by atoms with Crippen molar-refractivity contribution < 1.29 is 23.5 Å². The Kier molecular flexibility index (Phi) is 9.33. The van der Waals surface area contributed by atoms with E-state index in [-0.39, 0.29) is 36.9 Å². The van der Waals surface area contributed by atoms with Gasteiger partial charge in [-0.15, -0.1) is 11.3 Å². The van der Waals surface area contributed by atoms with Crippen LogP contribution in [0.1, 0.15) is 23.3 Å². The minimum Gasteiger partial charge on any atom is -0.484 e. The smallest absolute Gasteiger partial charge is 0.261 e. The van der Waals surface area contributed by atoms with Gasteiger partial charge in [-0.05, 0) is 66.2 Å². The third kappa shape index (κ3) is 7.78. The molecule has 0 spiro atoms. The zero-order valence-electron chi connectivity index (χ0n) is 19.8. The number of thiophene rings is 1. The molecule has 2 aromatic carbocycles. The third-order valence-corrected chi connectivity index (χ3v) is 6.98. The van der Waals surface area contributed by atoms with Gasteiger partial charge in [0.2, 0.25) is 5.91 Å². The van der Waals surface area contributed by atoms with Crippen molar-refractivity contribution in [3.63, 3.8) is 0 Å². The molecule has 190 valence electrons. The lowest BCUT2D eigenvalue weighted by molar-refractivity contribution is -0.143. The fourth-order valence-electron chi connectivity index (χ4n) is 3.95. The van der Waals surface area contributed by atoms with Crippen LogP contribution in [0.3, 0.4) is 0 Å². The van der Waals surface area contributed by atoms with Gasteiger partial charge in [-0.1, -0.05) is 29.8 Å². The number of carbonyl (C=O) groups is 2. The molecule has 1 aliphatic heterocycles. The molecule has 36 heavy (non-hydrogen) atoms. The number of hydrogen-bond donors (Lipinski definition) is 0. The van der Waals surface area contributed by atoms with Crippen LogP contribution >= 0.6 is 22.9 Å². The molecule has 3 aromatic rings. The maximum atomic E-state index is 13.5. The van der Waals surface area contributed by atoms with Gasteiger partial charge in [-0.3, -0.25) is 9.59 Å². The Hall–Kier alpha value is -2.94. The monoisotopic (exact) mass is 530 g/mol. The number of hydrogen-bond acceptors (Lipinski definition) is 5. The van der Waals surface area contributed by atoms with Gasteiger partial charge < -0.3 is 19.3 Å². The fourth-order valence-corrected chi connectivity index (χ4v) is 4.80. The Bertz CT molecular complexity index is 1120. The highest BCUT2D eigenvalue weighted by Gasteiger charge is 2.27. The van der Waals surface area contributed by atoms with Gasteiger partial charge in [0.05, 0.1) is 19.2 Å². The van der Waals surface area contributed by atoms with Gasteiger partial charge in [0.25, 0.3) is 5.91 Å². The van der Waals surface area contributed by atoms with Crippen LogP contribution in [0.25, 0.3) is 0 Å². The van der Waals surface area contributed by atoms with Crippen LogP contribution in [0.15, 0.2) is 66.0 Å². The quantitative estimate of drug-likeness (QED) is 0.344. The van der Waals surface area contributed by atoms with Crippen molar-refractivity contribution in [3.05, 3.63) is 87.3 Å². The Morgan fingerprint density at radius 2 is 1.81 bits per heavy atom. The second kappa shape index (κ2) is 12.9. The van der Waals surface area contributed by atoms with E-state index in [0.717, 1.165) is 23.3 Å². The summed E-state index contributed by atoms with van der Waals surface area (Å²) < 4.78 is 24.8. The van der Waals surface area contributed by atoms with E-state index >= 15 is 0 Å². The zero-order valence-corrected chi connectivity index (χ0v) is 21.3. The lowest BCUT2D eigenvalue weighted by Gasteiger charge is -2.29. The van der Waals surface area contributed by atoms with Gasteiger partial charge in [0.15, 0.2) is 6.61 Å². The third-order valence-electron chi connectivity index (χ3n) is 5.87. The number of ether oxygens (including phenoxy) is 2. The molecule has 1 unspecified atom stereocenters. The number of nitrogens with zero attached hydrogens (tertiary/aromatic N) is 2. The van der Waals surface area contributed by atoms with Crippen LogP contribution < -0.4 is 4.74 Å². The van der Waals surface area contributed by atoms with Crippen molar-refractivity contribution in [1.82, 2.24) is 9.80 Å². The molecule has 1 aromatic heterocycles. The summed E-state index contributed by atoms with van der Waals surface area (Å²) in [6.07, 6.45) is 1.65. The molecule has 6 nitrogen and oxygen atoms in total. The van der Waals surface area contributed by atoms with E-state index in [2.05, 4.69) is 0 Å². The molecule has 1 aliphatic rings. The highest BCUT2D eigenvalue weighted by molar-refractivity contribution is 7.09. The first-order valence-electron chi connectivity index (χ1n) is 11.8. The van der Waals surface area contributed by atoms with Gasteiger partial charge in [-0.25, -0.2) is 4.39 Å². The first kappa shape index (κ1) is 26.1. The van der Waals surface area contributed by atoms with E-state index in [9.17, 15) is 14.0 Å². The molecule has 4 rings (SSSR count). The van der Waals surface area contributed by atoms with E-state index in [1.807, 2.05) is 17.5 Å². The molecule has 0 aliphatic carbocycles. The molecule has 9 heteroatoms. The molecule has 0 radical (unpaired) electrons. The molecular formula is C27H28ClFN2O4S. The van der Waals surface area contributed by atoms with Gasteiger partial charge in [0, 0.05) is 29.6 Å².